The van der Waals surface area contributed by atoms with Gasteiger partial charge in [0.25, 0.3) is 5.56 Å². The van der Waals surface area contributed by atoms with E-state index in [0.29, 0.717) is 22.2 Å². The second kappa shape index (κ2) is 8.31. The number of hydrogen-bond acceptors (Lipinski definition) is 5. The van der Waals surface area contributed by atoms with Crippen LogP contribution in [-0.4, -0.2) is 35.9 Å². The van der Waals surface area contributed by atoms with E-state index >= 15 is 0 Å². The summed E-state index contributed by atoms with van der Waals surface area (Å²) < 4.78 is 4.13. The maximum Gasteiger partial charge on any atom is 0.332 e. The summed E-state index contributed by atoms with van der Waals surface area (Å²) in [6, 6.07) is 7.30. The number of aromatic nitrogens is 4. The fourth-order valence-electron chi connectivity index (χ4n) is 3.09. The summed E-state index contributed by atoms with van der Waals surface area (Å²) in [4.78, 5) is 42.1. The zero-order valence-corrected chi connectivity index (χ0v) is 19.1. The molecule has 0 aliphatic rings. The van der Waals surface area contributed by atoms with Crippen molar-refractivity contribution in [3.63, 3.8) is 0 Å². The van der Waals surface area contributed by atoms with Gasteiger partial charge in [-0.1, -0.05) is 35.5 Å². The summed E-state index contributed by atoms with van der Waals surface area (Å²) >= 11 is 7.33. The van der Waals surface area contributed by atoms with Crippen LogP contribution in [0.15, 0.2) is 39.0 Å². The molecule has 0 aliphatic heterocycles. The molecule has 2 heterocycles. The molecule has 3 aromatic rings. The minimum atomic E-state index is -0.457. The van der Waals surface area contributed by atoms with E-state index in [0.717, 1.165) is 10.1 Å². The second-order valence-corrected chi connectivity index (χ2v) is 9.45. The highest BCUT2D eigenvalue weighted by Crippen LogP contribution is 2.24. The largest absolute Gasteiger partial charge is 0.351 e. The van der Waals surface area contributed by atoms with Crippen molar-refractivity contribution in [2.24, 2.45) is 14.1 Å². The van der Waals surface area contributed by atoms with E-state index in [1.54, 1.807) is 23.7 Å². The average molecular weight is 450 g/mol. The number of fused-ring (bicyclic) bond motifs is 1. The Morgan fingerprint density at radius 3 is 2.53 bits per heavy atom. The predicted molar refractivity (Wildman–Crippen MR) is 119 cm³/mol. The molecule has 30 heavy (non-hydrogen) atoms. The van der Waals surface area contributed by atoms with Crippen molar-refractivity contribution in [2.45, 2.75) is 38.0 Å². The number of hydrogen-bond donors (Lipinski definition) is 1. The highest BCUT2D eigenvalue weighted by molar-refractivity contribution is 7.99. The van der Waals surface area contributed by atoms with Gasteiger partial charge < -0.3 is 9.88 Å². The van der Waals surface area contributed by atoms with E-state index in [-0.39, 0.29) is 22.8 Å². The number of carbonyl (C=O) groups excluding carboxylic acids is 1. The van der Waals surface area contributed by atoms with Gasteiger partial charge in [-0.05, 0) is 38.5 Å². The van der Waals surface area contributed by atoms with E-state index in [1.807, 2.05) is 32.9 Å². The van der Waals surface area contributed by atoms with E-state index in [4.69, 9.17) is 11.6 Å². The molecule has 0 atom stereocenters. The number of amides is 1. The van der Waals surface area contributed by atoms with Crippen molar-refractivity contribution in [3.8, 4) is 0 Å². The molecule has 2 aromatic heterocycles. The van der Waals surface area contributed by atoms with Gasteiger partial charge in [0.05, 0.1) is 12.3 Å². The smallest absolute Gasteiger partial charge is 0.332 e. The van der Waals surface area contributed by atoms with E-state index in [1.165, 1.54) is 23.4 Å². The van der Waals surface area contributed by atoms with Crippen molar-refractivity contribution >= 4 is 40.4 Å². The Hall–Kier alpha value is -2.52. The Bertz CT molecular complexity index is 1240. The molecule has 1 N–H and O–H groups in total. The standard InChI is InChI=1S/C20H24ClN5O3S/c1-20(2,3)23-14(27)11-30-18-22-16-15(17(28)25(5)19(29)24(16)4)26(18)10-12-7-6-8-13(21)9-12/h6-9H,10-11H2,1-5H3,(H,23,27). The number of rotatable bonds is 5. The molecule has 0 spiro atoms. The molecule has 0 fully saturated rings. The minimum Gasteiger partial charge on any atom is -0.351 e. The Morgan fingerprint density at radius 1 is 1.20 bits per heavy atom. The zero-order valence-electron chi connectivity index (χ0n) is 17.5. The van der Waals surface area contributed by atoms with Crippen molar-refractivity contribution in [1.29, 1.82) is 0 Å². The average Bonchev–Trinajstić information content (AvgIpc) is 3.00. The number of thioether (sulfide) groups is 1. The number of nitrogens with one attached hydrogen (secondary N) is 1. The van der Waals surface area contributed by atoms with Crippen LogP contribution < -0.4 is 16.6 Å². The fraction of sp³-hybridized carbons (Fsp3) is 0.400. The molecule has 3 rings (SSSR count). The van der Waals surface area contributed by atoms with Crippen LogP contribution in [0.25, 0.3) is 11.2 Å². The summed E-state index contributed by atoms with van der Waals surface area (Å²) in [6.45, 7) is 6.05. The van der Waals surface area contributed by atoms with Crippen LogP contribution in [0.5, 0.6) is 0 Å². The Labute approximate surface area is 182 Å². The summed E-state index contributed by atoms with van der Waals surface area (Å²) in [7, 11) is 3.01. The molecule has 0 aliphatic carbocycles. The zero-order chi connectivity index (χ0) is 22.2. The molecule has 0 radical (unpaired) electrons. The Kier molecular flexibility index (Phi) is 6.14. The number of halogens is 1. The number of carbonyl (C=O) groups is 1. The summed E-state index contributed by atoms with van der Waals surface area (Å²) in [6.07, 6.45) is 0. The molecule has 1 aromatic carbocycles. The number of nitrogens with zero attached hydrogens (tertiary/aromatic N) is 4. The first-order valence-corrected chi connectivity index (χ1v) is 10.7. The molecule has 0 bridgehead atoms. The Balaban J connectivity index is 2.10. The third-order valence-electron chi connectivity index (χ3n) is 4.39. The van der Waals surface area contributed by atoms with E-state index in [9.17, 15) is 14.4 Å². The van der Waals surface area contributed by atoms with Crippen LogP contribution in [0.1, 0.15) is 26.3 Å². The van der Waals surface area contributed by atoms with Gasteiger partial charge in [-0.15, -0.1) is 0 Å². The number of aryl methyl sites for hydroxylation is 1. The molecule has 10 heteroatoms. The van der Waals surface area contributed by atoms with Gasteiger partial charge in [0.2, 0.25) is 5.91 Å². The molecule has 0 saturated heterocycles. The minimum absolute atomic E-state index is 0.129. The van der Waals surface area contributed by atoms with Gasteiger partial charge in [0.15, 0.2) is 16.3 Å². The fourth-order valence-corrected chi connectivity index (χ4v) is 4.09. The van der Waals surface area contributed by atoms with E-state index < -0.39 is 11.2 Å². The third-order valence-corrected chi connectivity index (χ3v) is 5.60. The highest BCUT2D eigenvalue weighted by Gasteiger charge is 2.21. The van der Waals surface area contributed by atoms with Crippen LogP contribution in [0, 0.1) is 0 Å². The van der Waals surface area contributed by atoms with Crippen LogP contribution in [-0.2, 0) is 25.4 Å². The predicted octanol–water partition coefficient (Wildman–Crippen LogP) is 2.14. The van der Waals surface area contributed by atoms with Crippen molar-refractivity contribution in [3.05, 3.63) is 55.7 Å². The lowest BCUT2D eigenvalue weighted by atomic mass is 10.1. The molecule has 0 unspecified atom stereocenters. The molecule has 1 amide bonds. The van der Waals surface area contributed by atoms with Crippen LogP contribution in [0.3, 0.4) is 0 Å². The molecular weight excluding hydrogens is 426 g/mol. The van der Waals surface area contributed by atoms with Gasteiger partial charge >= 0.3 is 5.69 Å². The summed E-state index contributed by atoms with van der Waals surface area (Å²) in [5, 5.41) is 3.96. The van der Waals surface area contributed by atoms with Crippen LogP contribution in [0.4, 0.5) is 0 Å². The maximum atomic E-state index is 12.9. The van der Waals surface area contributed by atoms with Gasteiger partial charge in [-0.3, -0.25) is 18.7 Å². The first kappa shape index (κ1) is 22.2. The first-order chi connectivity index (χ1) is 14.0. The lowest BCUT2D eigenvalue weighted by molar-refractivity contribution is -0.119. The van der Waals surface area contributed by atoms with Gasteiger partial charge in [-0.25, -0.2) is 9.78 Å². The monoisotopic (exact) mass is 449 g/mol. The first-order valence-electron chi connectivity index (χ1n) is 9.32. The van der Waals surface area contributed by atoms with Gasteiger partial charge in [0.1, 0.15) is 0 Å². The van der Waals surface area contributed by atoms with Crippen LogP contribution >= 0.6 is 23.4 Å². The highest BCUT2D eigenvalue weighted by atomic mass is 35.5. The van der Waals surface area contributed by atoms with Crippen molar-refractivity contribution < 1.29 is 4.79 Å². The molecular formula is C20H24ClN5O3S. The summed E-state index contributed by atoms with van der Waals surface area (Å²) in [5.41, 5.74) is 0.217. The summed E-state index contributed by atoms with van der Waals surface area (Å²) in [5.74, 6) is -0.0135. The lowest BCUT2D eigenvalue weighted by Crippen LogP contribution is -2.41. The molecule has 8 nitrogen and oxygen atoms in total. The maximum absolute atomic E-state index is 12.9. The molecule has 0 saturated carbocycles. The third kappa shape index (κ3) is 4.62. The van der Waals surface area contributed by atoms with Gasteiger partial charge in [0, 0.05) is 24.7 Å². The number of benzene rings is 1. The topological polar surface area (TPSA) is 90.9 Å². The molecule has 160 valence electrons. The van der Waals surface area contributed by atoms with Crippen LogP contribution in [0.2, 0.25) is 5.02 Å². The normalized spacial score (nSPS) is 11.8. The van der Waals surface area contributed by atoms with E-state index in [2.05, 4.69) is 10.3 Å². The van der Waals surface area contributed by atoms with Gasteiger partial charge in [-0.2, -0.15) is 0 Å². The van der Waals surface area contributed by atoms with Crippen molar-refractivity contribution in [2.75, 3.05) is 5.75 Å². The second-order valence-electron chi connectivity index (χ2n) is 8.08. The SMILES string of the molecule is Cn1c(=O)c2c(nc(SCC(=O)NC(C)(C)C)n2Cc2cccc(Cl)c2)n(C)c1=O. The Morgan fingerprint density at radius 2 is 1.90 bits per heavy atom. The number of imidazole rings is 1. The lowest BCUT2D eigenvalue weighted by Gasteiger charge is -2.20. The quantitative estimate of drug-likeness (QED) is 0.602. The van der Waals surface area contributed by atoms with Crippen molar-refractivity contribution in [1.82, 2.24) is 24.0 Å².